The smallest absolute Gasteiger partial charge is 0.267 e. The molecule has 1 saturated carbocycles. The molecule has 34 heavy (non-hydrogen) atoms. The van der Waals surface area contributed by atoms with Crippen LogP contribution in [0.3, 0.4) is 0 Å². The van der Waals surface area contributed by atoms with Crippen molar-refractivity contribution in [3.05, 3.63) is 63.7 Å². The summed E-state index contributed by atoms with van der Waals surface area (Å²) < 4.78 is 59.1. The second-order valence-electron chi connectivity index (χ2n) is 9.07. The molecule has 1 aliphatic carbocycles. The summed E-state index contributed by atoms with van der Waals surface area (Å²) in [7, 11) is -3.81. The van der Waals surface area contributed by atoms with Gasteiger partial charge in [-0.3, -0.25) is 9.69 Å². The van der Waals surface area contributed by atoms with E-state index in [1.165, 1.54) is 24.3 Å². The van der Waals surface area contributed by atoms with E-state index in [-0.39, 0.29) is 29.4 Å². The number of carbonyl (C=O) groups is 1. The van der Waals surface area contributed by atoms with Gasteiger partial charge in [-0.15, -0.1) is 0 Å². The Bertz CT molecular complexity index is 1200. The fraction of sp³-hybridized carbons (Fsp3) is 0.458. The van der Waals surface area contributed by atoms with Crippen molar-refractivity contribution in [1.29, 1.82) is 0 Å². The minimum Gasteiger partial charge on any atom is -0.489 e. The number of hydrogen-bond donors (Lipinski definition) is 1. The first-order valence-corrected chi connectivity index (χ1v) is 13.5. The Morgan fingerprint density at radius 1 is 1.21 bits per heavy atom. The van der Waals surface area contributed by atoms with Crippen molar-refractivity contribution in [2.24, 2.45) is 0 Å². The number of hydrogen-bond acceptors (Lipinski definition) is 5. The van der Waals surface area contributed by atoms with E-state index in [2.05, 4.69) is 4.90 Å². The largest absolute Gasteiger partial charge is 0.489 e. The highest BCUT2D eigenvalue weighted by molar-refractivity contribution is 7.89. The van der Waals surface area contributed by atoms with Gasteiger partial charge in [0.15, 0.2) is 0 Å². The average molecular weight is 513 g/mol. The van der Waals surface area contributed by atoms with Gasteiger partial charge in [-0.1, -0.05) is 17.7 Å². The third-order valence-corrected chi connectivity index (χ3v) is 7.19. The minimum atomic E-state index is -3.81. The van der Waals surface area contributed by atoms with Gasteiger partial charge >= 0.3 is 0 Å². The first kappa shape index (κ1) is 24.9. The van der Waals surface area contributed by atoms with Crippen LogP contribution in [0.5, 0.6) is 5.75 Å². The highest BCUT2D eigenvalue weighted by atomic mass is 35.5. The zero-order valence-corrected chi connectivity index (χ0v) is 20.6. The fourth-order valence-corrected chi connectivity index (χ4v) is 5.19. The second-order valence-corrected chi connectivity index (χ2v) is 11.2. The highest BCUT2D eigenvalue weighted by Crippen LogP contribution is 2.45. The summed E-state index contributed by atoms with van der Waals surface area (Å²) in [6.07, 6.45) is 4.07. The van der Waals surface area contributed by atoms with E-state index in [0.29, 0.717) is 22.9 Å². The van der Waals surface area contributed by atoms with E-state index in [4.69, 9.17) is 16.3 Å². The average Bonchev–Trinajstić information content (AvgIpc) is 3.57. The molecule has 4 rings (SSSR count). The highest BCUT2D eigenvalue weighted by Gasteiger charge is 2.32. The molecule has 2 aromatic carbocycles. The van der Waals surface area contributed by atoms with Crippen LogP contribution in [0.2, 0.25) is 5.02 Å². The molecule has 184 valence electrons. The van der Waals surface area contributed by atoms with Crippen molar-refractivity contribution >= 4 is 27.5 Å². The van der Waals surface area contributed by atoms with Crippen molar-refractivity contribution in [3.63, 3.8) is 0 Å². The van der Waals surface area contributed by atoms with Gasteiger partial charge in [0.05, 0.1) is 11.8 Å². The van der Waals surface area contributed by atoms with Gasteiger partial charge in [-0.05, 0) is 74.4 Å². The molecule has 2 aliphatic rings. The molecule has 1 amide bonds. The van der Waals surface area contributed by atoms with Gasteiger partial charge < -0.3 is 4.74 Å². The number of carbonyl (C=O) groups excluding carboxylic acids is 1. The quantitative estimate of drug-likeness (QED) is 0.577. The van der Waals surface area contributed by atoms with Gasteiger partial charge in [-0.25, -0.2) is 21.9 Å². The van der Waals surface area contributed by atoms with E-state index in [0.717, 1.165) is 44.0 Å². The van der Waals surface area contributed by atoms with E-state index >= 15 is 0 Å². The molecule has 1 heterocycles. The monoisotopic (exact) mass is 512 g/mol. The second kappa shape index (κ2) is 9.79. The predicted molar refractivity (Wildman–Crippen MR) is 126 cm³/mol. The fourth-order valence-electron chi connectivity index (χ4n) is 4.42. The van der Waals surface area contributed by atoms with E-state index in [9.17, 15) is 22.0 Å². The SMILES string of the molecule is C[C@@H](c1ccc(F)cc1Cl)N1CCC[C@@H](Oc2cc(F)c(C(=O)NS(C)(=O)=O)cc2C2CC2)C1. The minimum absolute atomic E-state index is 0.0544. The molecular weight excluding hydrogens is 486 g/mol. The molecule has 2 atom stereocenters. The molecule has 2 fully saturated rings. The summed E-state index contributed by atoms with van der Waals surface area (Å²) >= 11 is 6.26. The number of rotatable bonds is 7. The summed E-state index contributed by atoms with van der Waals surface area (Å²) in [6.45, 7) is 3.41. The van der Waals surface area contributed by atoms with Gasteiger partial charge in [0.1, 0.15) is 23.5 Å². The number of nitrogens with one attached hydrogen (secondary N) is 1. The number of sulfonamides is 1. The molecule has 6 nitrogen and oxygen atoms in total. The van der Waals surface area contributed by atoms with Crippen LogP contribution >= 0.6 is 11.6 Å². The number of halogens is 3. The van der Waals surface area contributed by atoms with Crippen LogP contribution in [-0.4, -0.2) is 44.7 Å². The zero-order chi connectivity index (χ0) is 24.6. The Kier molecular flexibility index (Phi) is 7.17. The van der Waals surface area contributed by atoms with Gasteiger partial charge in [0.25, 0.3) is 5.91 Å². The lowest BCUT2D eigenvalue weighted by Crippen LogP contribution is -2.42. The normalized spacial score (nSPS) is 20.1. The van der Waals surface area contributed by atoms with Gasteiger partial charge in [-0.2, -0.15) is 0 Å². The Morgan fingerprint density at radius 3 is 2.59 bits per heavy atom. The molecule has 0 unspecified atom stereocenters. The van der Waals surface area contributed by atoms with Gasteiger partial charge in [0.2, 0.25) is 10.0 Å². The van der Waals surface area contributed by atoms with Crippen molar-refractivity contribution in [3.8, 4) is 5.75 Å². The molecule has 10 heteroatoms. The zero-order valence-electron chi connectivity index (χ0n) is 19.0. The summed E-state index contributed by atoms with van der Waals surface area (Å²) in [4.78, 5) is 14.5. The number of nitrogens with zero attached hydrogens (tertiary/aromatic N) is 1. The Balaban J connectivity index is 1.52. The summed E-state index contributed by atoms with van der Waals surface area (Å²) in [5.41, 5.74) is 1.23. The molecule has 2 aromatic rings. The third-order valence-electron chi connectivity index (χ3n) is 6.30. The van der Waals surface area contributed by atoms with Crippen LogP contribution in [0.1, 0.15) is 66.1 Å². The van der Waals surface area contributed by atoms with Gasteiger partial charge in [0, 0.05) is 23.7 Å². The van der Waals surface area contributed by atoms with E-state index < -0.39 is 21.7 Å². The molecule has 0 spiro atoms. The summed E-state index contributed by atoms with van der Waals surface area (Å²) in [5.74, 6) is -1.68. The molecular formula is C24H27ClF2N2O4S. The summed E-state index contributed by atoms with van der Waals surface area (Å²) in [5, 5.41) is 0.372. The molecule has 0 bridgehead atoms. The van der Waals surface area contributed by atoms with Crippen LogP contribution < -0.4 is 9.46 Å². The van der Waals surface area contributed by atoms with E-state index in [1.54, 1.807) is 6.07 Å². The van der Waals surface area contributed by atoms with Crippen LogP contribution in [0, 0.1) is 11.6 Å². The molecule has 1 aliphatic heterocycles. The molecule has 1 saturated heterocycles. The maximum atomic E-state index is 14.8. The number of likely N-dealkylation sites (tertiary alicyclic amines) is 1. The van der Waals surface area contributed by atoms with Crippen molar-refractivity contribution in [2.45, 2.75) is 50.7 Å². The number of ether oxygens (including phenoxy) is 1. The van der Waals surface area contributed by atoms with Crippen molar-refractivity contribution < 1.29 is 26.7 Å². The number of benzene rings is 2. The first-order chi connectivity index (χ1) is 16.0. The van der Waals surface area contributed by atoms with Crippen LogP contribution in [0.25, 0.3) is 0 Å². The summed E-state index contributed by atoms with van der Waals surface area (Å²) in [6, 6.07) is 6.92. The maximum absolute atomic E-state index is 14.8. The first-order valence-electron chi connectivity index (χ1n) is 11.2. The molecule has 0 radical (unpaired) electrons. The topological polar surface area (TPSA) is 75.7 Å². The Labute approximate surface area is 203 Å². The lowest BCUT2D eigenvalue weighted by Gasteiger charge is -2.37. The maximum Gasteiger partial charge on any atom is 0.267 e. The van der Waals surface area contributed by atoms with E-state index in [1.807, 2.05) is 11.6 Å². The van der Waals surface area contributed by atoms with Crippen LogP contribution in [-0.2, 0) is 10.0 Å². The van der Waals surface area contributed by atoms with Crippen molar-refractivity contribution in [2.75, 3.05) is 19.3 Å². The number of piperidine rings is 1. The lowest BCUT2D eigenvalue weighted by atomic mass is 10.0. The third kappa shape index (κ3) is 5.87. The van der Waals surface area contributed by atoms with Crippen LogP contribution in [0.15, 0.2) is 30.3 Å². The predicted octanol–water partition coefficient (Wildman–Crippen LogP) is 4.79. The Morgan fingerprint density at radius 2 is 1.94 bits per heavy atom. The standard InChI is InChI=1S/C24H27ClF2N2O4S/c1-14(18-8-7-16(26)10-21(18)25)29-9-3-4-17(13-29)33-23-12-22(27)20(11-19(23)15-5-6-15)24(30)28-34(2,31)32/h7-8,10-12,14-15,17H,3-6,9,13H2,1-2H3,(H,28,30)/t14-,17+/m0/s1. The molecule has 1 N–H and O–H groups in total. The lowest BCUT2D eigenvalue weighted by molar-refractivity contribution is 0.0650. The van der Waals surface area contributed by atoms with Crippen molar-refractivity contribution in [1.82, 2.24) is 9.62 Å². The number of amides is 1. The molecule has 0 aromatic heterocycles. The Hall–Kier alpha value is -2.23. The van der Waals surface area contributed by atoms with Crippen LogP contribution in [0.4, 0.5) is 8.78 Å².